The lowest BCUT2D eigenvalue weighted by atomic mass is 10.3. The van der Waals surface area contributed by atoms with E-state index in [0.717, 1.165) is 17.0 Å². The fourth-order valence-corrected chi connectivity index (χ4v) is 2.95. The van der Waals surface area contributed by atoms with Gasteiger partial charge < -0.3 is 14.8 Å². The van der Waals surface area contributed by atoms with Gasteiger partial charge in [0.1, 0.15) is 22.5 Å². The Hall–Kier alpha value is -3.58. The zero-order chi connectivity index (χ0) is 20.9. The summed E-state index contributed by atoms with van der Waals surface area (Å²) >= 11 is 5.84. The average Bonchev–Trinajstić information content (AvgIpc) is 3.17. The Morgan fingerprint density at radius 1 is 0.933 bits per heavy atom. The number of benzene rings is 3. The van der Waals surface area contributed by atoms with Gasteiger partial charge in [0.2, 0.25) is 0 Å². The number of ether oxygens (including phenoxy) is 2. The lowest BCUT2D eigenvalue weighted by molar-refractivity contribution is -0.118. The third kappa shape index (κ3) is 4.69. The fraction of sp³-hybridized carbons (Fsp3) is 0.136. The first-order valence-corrected chi connectivity index (χ1v) is 9.77. The Balaban J connectivity index is 1.42. The number of fused-ring (bicyclic) bond motifs is 1. The van der Waals surface area contributed by atoms with Gasteiger partial charge in [-0.2, -0.15) is 4.80 Å². The van der Waals surface area contributed by atoms with Gasteiger partial charge >= 0.3 is 0 Å². The fourth-order valence-electron chi connectivity index (χ4n) is 2.83. The largest absolute Gasteiger partial charge is 0.494 e. The van der Waals surface area contributed by atoms with Gasteiger partial charge in [0.15, 0.2) is 6.61 Å². The predicted octanol–water partition coefficient (Wildman–Crippen LogP) is 4.49. The Morgan fingerprint density at radius 2 is 1.60 bits per heavy atom. The second kappa shape index (κ2) is 8.84. The molecule has 30 heavy (non-hydrogen) atoms. The lowest BCUT2D eigenvalue weighted by Gasteiger charge is -2.07. The Kier molecular flexibility index (Phi) is 5.81. The van der Waals surface area contributed by atoms with Gasteiger partial charge in [-0.15, -0.1) is 10.2 Å². The highest BCUT2D eigenvalue weighted by Crippen LogP contribution is 2.20. The molecule has 1 amide bonds. The molecule has 4 rings (SSSR count). The number of hydrogen-bond donors (Lipinski definition) is 1. The number of carbonyl (C=O) groups is 1. The van der Waals surface area contributed by atoms with Crippen LogP contribution in [0.5, 0.6) is 11.5 Å². The van der Waals surface area contributed by atoms with Crippen LogP contribution in [0.15, 0.2) is 66.7 Å². The number of nitrogens with one attached hydrogen (secondary N) is 1. The van der Waals surface area contributed by atoms with E-state index < -0.39 is 0 Å². The molecule has 0 radical (unpaired) electrons. The molecule has 7 nitrogen and oxygen atoms in total. The number of halogens is 1. The molecule has 0 fully saturated rings. The molecular weight excluding hydrogens is 404 g/mol. The molecule has 0 aliphatic carbocycles. The number of amides is 1. The minimum absolute atomic E-state index is 0.113. The van der Waals surface area contributed by atoms with E-state index in [1.165, 1.54) is 0 Å². The van der Waals surface area contributed by atoms with E-state index in [-0.39, 0.29) is 12.5 Å². The molecule has 1 aromatic heterocycles. The van der Waals surface area contributed by atoms with Crippen LogP contribution >= 0.6 is 11.6 Å². The van der Waals surface area contributed by atoms with Crippen LogP contribution in [0.3, 0.4) is 0 Å². The Bertz CT molecular complexity index is 1160. The van der Waals surface area contributed by atoms with Crippen LogP contribution in [-0.2, 0) is 4.79 Å². The van der Waals surface area contributed by atoms with Gasteiger partial charge in [0.05, 0.1) is 12.3 Å². The van der Waals surface area contributed by atoms with Crippen molar-refractivity contribution in [3.63, 3.8) is 0 Å². The second-order valence-corrected chi connectivity index (χ2v) is 6.85. The van der Waals surface area contributed by atoms with Crippen LogP contribution in [0.4, 0.5) is 5.69 Å². The van der Waals surface area contributed by atoms with Gasteiger partial charge in [-0.3, -0.25) is 4.79 Å². The molecule has 152 valence electrons. The van der Waals surface area contributed by atoms with Crippen LogP contribution < -0.4 is 14.8 Å². The van der Waals surface area contributed by atoms with Gasteiger partial charge in [-0.25, -0.2) is 0 Å². The Labute approximate surface area is 178 Å². The summed E-state index contributed by atoms with van der Waals surface area (Å²) in [4.78, 5) is 13.7. The molecule has 1 heterocycles. The van der Waals surface area contributed by atoms with Crippen molar-refractivity contribution in [2.75, 3.05) is 18.5 Å². The van der Waals surface area contributed by atoms with E-state index >= 15 is 0 Å². The first-order chi connectivity index (χ1) is 14.6. The van der Waals surface area contributed by atoms with Crippen molar-refractivity contribution in [2.24, 2.45) is 0 Å². The van der Waals surface area contributed by atoms with Crippen LogP contribution in [-0.4, -0.2) is 34.1 Å². The maximum absolute atomic E-state index is 12.2. The summed E-state index contributed by atoms with van der Waals surface area (Å²) in [7, 11) is 0. The van der Waals surface area contributed by atoms with E-state index in [1.807, 2.05) is 37.3 Å². The number of aromatic nitrogens is 3. The van der Waals surface area contributed by atoms with Crippen molar-refractivity contribution in [2.45, 2.75) is 6.92 Å². The molecule has 0 bridgehead atoms. The summed E-state index contributed by atoms with van der Waals surface area (Å²) in [5, 5.41) is 12.4. The molecule has 0 saturated heterocycles. The summed E-state index contributed by atoms with van der Waals surface area (Å²) in [5.74, 6) is 1.09. The number of carbonyl (C=O) groups excluding carboxylic acids is 1. The molecule has 0 spiro atoms. The van der Waals surface area contributed by atoms with Crippen LogP contribution in [0.25, 0.3) is 16.7 Å². The van der Waals surface area contributed by atoms with Crippen LogP contribution in [0.1, 0.15) is 6.92 Å². The monoisotopic (exact) mass is 422 g/mol. The van der Waals surface area contributed by atoms with Gasteiger partial charge in [0, 0.05) is 10.7 Å². The number of rotatable bonds is 7. The summed E-state index contributed by atoms with van der Waals surface area (Å²) in [6, 6.07) is 19.7. The highest BCUT2D eigenvalue weighted by atomic mass is 35.5. The smallest absolute Gasteiger partial charge is 0.262 e. The number of nitrogens with zero attached hydrogens (tertiary/aromatic N) is 3. The van der Waals surface area contributed by atoms with Gasteiger partial charge in [-0.05, 0) is 73.7 Å². The van der Waals surface area contributed by atoms with Crippen molar-refractivity contribution in [3.8, 4) is 17.2 Å². The Morgan fingerprint density at radius 3 is 2.33 bits per heavy atom. The minimum atomic E-state index is -0.275. The molecule has 4 aromatic rings. The van der Waals surface area contributed by atoms with Crippen molar-refractivity contribution in [1.29, 1.82) is 0 Å². The first kappa shape index (κ1) is 19.7. The van der Waals surface area contributed by atoms with Crippen molar-refractivity contribution in [3.05, 3.63) is 71.8 Å². The SMILES string of the molecule is CCOc1ccc(-n2nc3ccc(NC(=O)COc4ccc(Cl)cc4)cc3n2)cc1. The molecule has 0 unspecified atom stereocenters. The van der Waals surface area contributed by atoms with E-state index in [4.69, 9.17) is 21.1 Å². The highest BCUT2D eigenvalue weighted by molar-refractivity contribution is 6.30. The van der Waals surface area contributed by atoms with Gasteiger partial charge in [-0.1, -0.05) is 11.6 Å². The molecular formula is C22H19ClN4O3. The molecule has 0 aliphatic rings. The average molecular weight is 423 g/mol. The third-order valence-corrected chi connectivity index (χ3v) is 4.48. The maximum atomic E-state index is 12.2. The normalized spacial score (nSPS) is 10.7. The molecule has 3 aromatic carbocycles. The second-order valence-electron chi connectivity index (χ2n) is 6.41. The summed E-state index contributed by atoms with van der Waals surface area (Å²) in [6.45, 7) is 2.44. The molecule has 1 N–H and O–H groups in total. The first-order valence-electron chi connectivity index (χ1n) is 9.39. The van der Waals surface area contributed by atoms with E-state index in [1.54, 1.807) is 41.2 Å². The number of anilines is 1. The summed E-state index contributed by atoms with van der Waals surface area (Å²) in [5.41, 5.74) is 2.82. The van der Waals surface area contributed by atoms with Crippen molar-refractivity contribution < 1.29 is 14.3 Å². The lowest BCUT2D eigenvalue weighted by Crippen LogP contribution is -2.20. The molecule has 8 heteroatoms. The van der Waals surface area contributed by atoms with Crippen molar-refractivity contribution in [1.82, 2.24) is 15.0 Å². The zero-order valence-electron chi connectivity index (χ0n) is 16.2. The van der Waals surface area contributed by atoms with Crippen LogP contribution in [0, 0.1) is 0 Å². The zero-order valence-corrected chi connectivity index (χ0v) is 17.0. The van der Waals surface area contributed by atoms with E-state index in [2.05, 4.69) is 15.5 Å². The van der Waals surface area contributed by atoms with Gasteiger partial charge in [0.25, 0.3) is 5.91 Å². The molecule has 0 saturated carbocycles. The quantitative estimate of drug-likeness (QED) is 0.474. The topological polar surface area (TPSA) is 78.3 Å². The van der Waals surface area contributed by atoms with Crippen LogP contribution in [0.2, 0.25) is 5.02 Å². The maximum Gasteiger partial charge on any atom is 0.262 e. The summed E-state index contributed by atoms with van der Waals surface area (Å²) < 4.78 is 10.9. The highest BCUT2D eigenvalue weighted by Gasteiger charge is 2.09. The third-order valence-electron chi connectivity index (χ3n) is 4.23. The number of hydrogen-bond acceptors (Lipinski definition) is 5. The summed E-state index contributed by atoms with van der Waals surface area (Å²) in [6.07, 6.45) is 0. The van der Waals surface area contributed by atoms with E-state index in [0.29, 0.717) is 28.6 Å². The predicted molar refractivity (Wildman–Crippen MR) is 116 cm³/mol. The van der Waals surface area contributed by atoms with Crippen molar-refractivity contribution >= 4 is 34.2 Å². The van der Waals surface area contributed by atoms with E-state index in [9.17, 15) is 4.79 Å². The standard InChI is InChI=1S/C22H19ClN4O3/c1-2-29-18-10-6-17(7-11-18)27-25-20-12-5-16(13-21(20)26-27)24-22(28)14-30-19-8-3-15(23)4-9-19/h3-13H,2,14H2,1H3,(H,24,28). The molecule has 0 aliphatic heterocycles. The minimum Gasteiger partial charge on any atom is -0.494 e. The molecule has 0 atom stereocenters.